The zero-order chi connectivity index (χ0) is 18.1. The number of rotatable bonds is 5. The van der Waals surface area contributed by atoms with Crippen LogP contribution in [0.25, 0.3) is 20.9 Å². The molecule has 0 bridgehead atoms. The van der Waals surface area contributed by atoms with Gasteiger partial charge >= 0.3 is 0 Å². The Kier molecular flexibility index (Phi) is 4.47. The molecule has 8 heteroatoms. The summed E-state index contributed by atoms with van der Waals surface area (Å²) in [4.78, 5) is 10.8. The van der Waals surface area contributed by atoms with Gasteiger partial charge in [-0.25, -0.2) is 18.4 Å². The molecule has 0 saturated heterocycles. The van der Waals surface area contributed by atoms with Crippen molar-refractivity contribution in [1.82, 2.24) is 9.97 Å². The van der Waals surface area contributed by atoms with Crippen molar-refractivity contribution in [3.63, 3.8) is 0 Å². The molecule has 132 valence electrons. The predicted octanol–water partition coefficient (Wildman–Crippen LogP) is 4.78. The second-order valence-corrected chi connectivity index (χ2v) is 9.66. The number of pyridine rings is 1. The van der Waals surface area contributed by atoms with Crippen LogP contribution in [0.1, 0.15) is 11.8 Å². The minimum absolute atomic E-state index is 0.323. The van der Waals surface area contributed by atoms with Crippen molar-refractivity contribution in [3.8, 4) is 10.6 Å². The maximum absolute atomic E-state index is 12.6. The van der Waals surface area contributed by atoms with Gasteiger partial charge in [-0.2, -0.15) is 0 Å². The van der Waals surface area contributed by atoms with E-state index in [0.717, 1.165) is 32.2 Å². The number of fused-ring (bicyclic) bond motifs is 1. The van der Waals surface area contributed by atoms with Crippen molar-refractivity contribution in [2.45, 2.75) is 17.6 Å². The van der Waals surface area contributed by atoms with Gasteiger partial charge in [-0.15, -0.1) is 11.3 Å². The molecule has 1 aromatic carbocycles. The van der Waals surface area contributed by atoms with Crippen LogP contribution in [0, 0.1) is 0 Å². The summed E-state index contributed by atoms with van der Waals surface area (Å²) in [6.45, 7) is 2.01. The van der Waals surface area contributed by atoms with Crippen LogP contribution in [0.15, 0.2) is 58.9 Å². The van der Waals surface area contributed by atoms with Crippen LogP contribution in [0.2, 0.25) is 0 Å². The highest BCUT2D eigenvalue weighted by Crippen LogP contribution is 2.31. The van der Waals surface area contributed by atoms with E-state index in [2.05, 4.69) is 14.7 Å². The summed E-state index contributed by atoms with van der Waals surface area (Å²) in [5.74, 6) is 0. The van der Waals surface area contributed by atoms with Gasteiger partial charge in [0, 0.05) is 22.3 Å². The molecule has 3 aromatic heterocycles. The number of benzene rings is 1. The Morgan fingerprint density at radius 3 is 2.73 bits per heavy atom. The van der Waals surface area contributed by atoms with E-state index in [1.54, 1.807) is 24.4 Å². The Balaban J connectivity index is 1.65. The van der Waals surface area contributed by atoms with Gasteiger partial charge in [-0.1, -0.05) is 30.4 Å². The van der Waals surface area contributed by atoms with Gasteiger partial charge in [0.1, 0.15) is 19.6 Å². The number of nitrogens with one attached hydrogen (secondary N) is 1. The molecule has 0 atom stereocenters. The molecule has 4 aromatic rings. The molecule has 0 saturated carbocycles. The third-order valence-electron chi connectivity index (χ3n) is 3.78. The fourth-order valence-electron chi connectivity index (χ4n) is 2.51. The molecule has 0 spiro atoms. The predicted molar refractivity (Wildman–Crippen MR) is 107 cm³/mol. The summed E-state index contributed by atoms with van der Waals surface area (Å²) in [5.41, 5.74) is 2.21. The summed E-state index contributed by atoms with van der Waals surface area (Å²) in [5, 5.41) is 0.809. The number of hydrogen-bond acceptors (Lipinski definition) is 6. The zero-order valence-corrected chi connectivity index (χ0v) is 16.3. The van der Waals surface area contributed by atoms with E-state index in [1.165, 1.54) is 22.7 Å². The third-order valence-corrected chi connectivity index (χ3v) is 7.91. The quantitative estimate of drug-likeness (QED) is 0.522. The summed E-state index contributed by atoms with van der Waals surface area (Å²) in [7, 11) is -3.59. The number of hydrogen-bond donors (Lipinski definition) is 1. The largest absolute Gasteiger partial charge is 0.279 e. The van der Waals surface area contributed by atoms with E-state index in [0.29, 0.717) is 9.90 Å². The Bertz CT molecular complexity index is 1150. The monoisotopic (exact) mass is 401 g/mol. The number of aromatic nitrogens is 2. The Morgan fingerprint density at radius 1 is 1.08 bits per heavy atom. The lowest BCUT2D eigenvalue weighted by molar-refractivity contribution is 0.603. The van der Waals surface area contributed by atoms with Crippen LogP contribution in [0.3, 0.4) is 0 Å². The molecular formula is C18H15N3O2S3. The van der Waals surface area contributed by atoms with Crippen molar-refractivity contribution < 1.29 is 8.42 Å². The second-order valence-electron chi connectivity index (χ2n) is 5.61. The minimum Gasteiger partial charge on any atom is -0.279 e. The maximum Gasteiger partial charge on any atom is 0.271 e. The molecule has 5 nitrogen and oxygen atoms in total. The summed E-state index contributed by atoms with van der Waals surface area (Å²) in [6, 6.07) is 14.5. The highest BCUT2D eigenvalue weighted by molar-refractivity contribution is 7.94. The Hall–Kier alpha value is -2.29. The molecule has 0 unspecified atom stereocenters. The molecule has 0 aliphatic carbocycles. The second kappa shape index (κ2) is 6.79. The van der Waals surface area contributed by atoms with E-state index in [1.807, 2.05) is 37.3 Å². The van der Waals surface area contributed by atoms with Gasteiger partial charge in [0.05, 0.1) is 0 Å². The van der Waals surface area contributed by atoms with Crippen molar-refractivity contribution >= 4 is 48.7 Å². The lowest BCUT2D eigenvalue weighted by Crippen LogP contribution is -2.11. The van der Waals surface area contributed by atoms with Crippen LogP contribution in [0.5, 0.6) is 0 Å². The van der Waals surface area contributed by atoms with Gasteiger partial charge in [0.25, 0.3) is 10.0 Å². The fraction of sp³-hybridized carbons (Fsp3) is 0.111. The number of thiazole rings is 1. The van der Waals surface area contributed by atoms with Crippen LogP contribution >= 0.6 is 22.7 Å². The highest BCUT2D eigenvalue weighted by atomic mass is 32.2. The first-order valence-electron chi connectivity index (χ1n) is 7.99. The molecule has 26 heavy (non-hydrogen) atoms. The van der Waals surface area contributed by atoms with Crippen LogP contribution in [-0.2, 0) is 16.4 Å². The number of sulfonamides is 1. The summed E-state index contributed by atoms with van der Waals surface area (Å²) in [6.07, 6.45) is 2.56. The number of aryl methyl sites for hydroxylation is 1. The van der Waals surface area contributed by atoms with Crippen LogP contribution in [-0.4, -0.2) is 18.4 Å². The Labute approximate surface area is 159 Å². The fourth-order valence-corrected chi connectivity index (χ4v) is 5.76. The number of thiophene rings is 1. The van der Waals surface area contributed by atoms with E-state index in [4.69, 9.17) is 0 Å². The van der Waals surface area contributed by atoms with E-state index in [-0.39, 0.29) is 0 Å². The molecule has 0 amide bonds. The van der Waals surface area contributed by atoms with Crippen molar-refractivity contribution in [3.05, 3.63) is 59.6 Å². The number of nitrogens with zero attached hydrogens (tertiary/aromatic N) is 2. The summed E-state index contributed by atoms with van der Waals surface area (Å²) >= 11 is 2.78. The first-order valence-corrected chi connectivity index (χ1v) is 11.1. The zero-order valence-electron chi connectivity index (χ0n) is 13.8. The molecule has 0 aliphatic rings. The van der Waals surface area contributed by atoms with E-state index >= 15 is 0 Å². The smallest absolute Gasteiger partial charge is 0.271 e. The van der Waals surface area contributed by atoms with Gasteiger partial charge in [0.2, 0.25) is 0 Å². The van der Waals surface area contributed by atoms with Crippen molar-refractivity contribution in [2.24, 2.45) is 0 Å². The van der Waals surface area contributed by atoms with Gasteiger partial charge < -0.3 is 0 Å². The highest BCUT2D eigenvalue weighted by Gasteiger charge is 2.17. The third kappa shape index (κ3) is 3.35. The molecule has 0 fully saturated rings. The standard InChI is InChI=1S/C18H15N3O2S3/c1-2-14-8-9-16(24-14)26(22,23)21-13-6-3-5-12(11-13)17-20-15-7-4-10-19-18(15)25-17/h3-11,21H,2H2,1H3. The molecular weight excluding hydrogens is 386 g/mol. The van der Waals surface area contributed by atoms with E-state index < -0.39 is 10.0 Å². The first-order chi connectivity index (χ1) is 12.5. The van der Waals surface area contributed by atoms with Crippen LogP contribution < -0.4 is 4.72 Å². The van der Waals surface area contributed by atoms with Gasteiger partial charge in [-0.3, -0.25) is 4.72 Å². The Morgan fingerprint density at radius 2 is 1.96 bits per heavy atom. The SMILES string of the molecule is CCc1ccc(S(=O)(=O)Nc2cccc(-c3nc4cccnc4s3)c2)s1. The molecule has 1 N–H and O–H groups in total. The lowest BCUT2D eigenvalue weighted by Gasteiger charge is -2.07. The maximum atomic E-state index is 12.6. The average Bonchev–Trinajstić information content (AvgIpc) is 3.29. The topological polar surface area (TPSA) is 72.0 Å². The van der Waals surface area contributed by atoms with Gasteiger partial charge in [-0.05, 0) is 42.8 Å². The molecule has 0 aliphatic heterocycles. The minimum atomic E-state index is -3.59. The van der Waals surface area contributed by atoms with Crippen LogP contribution in [0.4, 0.5) is 5.69 Å². The van der Waals surface area contributed by atoms with Crippen molar-refractivity contribution in [2.75, 3.05) is 4.72 Å². The average molecular weight is 402 g/mol. The summed E-state index contributed by atoms with van der Waals surface area (Å²) < 4.78 is 28.2. The number of anilines is 1. The molecule has 3 heterocycles. The lowest BCUT2D eigenvalue weighted by atomic mass is 10.2. The first kappa shape index (κ1) is 17.1. The molecule has 0 radical (unpaired) electrons. The van der Waals surface area contributed by atoms with Gasteiger partial charge in [0.15, 0.2) is 0 Å². The normalized spacial score (nSPS) is 11.7. The molecule has 4 rings (SSSR count). The van der Waals surface area contributed by atoms with E-state index in [9.17, 15) is 8.42 Å². The van der Waals surface area contributed by atoms with Crippen molar-refractivity contribution in [1.29, 1.82) is 0 Å².